The number of aliphatic imine (C=N–C) groups is 2. The van der Waals surface area contributed by atoms with Gasteiger partial charge in [0, 0.05) is 5.56 Å². The average molecular weight is 202 g/mol. The van der Waals surface area contributed by atoms with Gasteiger partial charge in [-0.1, -0.05) is 18.2 Å². The third-order valence-electron chi connectivity index (χ3n) is 2.05. The van der Waals surface area contributed by atoms with E-state index in [-0.39, 0.29) is 0 Å². The Balaban J connectivity index is 3.35. The van der Waals surface area contributed by atoms with Crippen LogP contribution in [0.2, 0.25) is 0 Å². The first-order valence-electron chi connectivity index (χ1n) is 4.38. The molecule has 0 aromatic heterocycles. The van der Waals surface area contributed by atoms with Crippen LogP contribution in [0, 0.1) is 0 Å². The van der Waals surface area contributed by atoms with Crippen LogP contribution >= 0.6 is 0 Å². The highest BCUT2D eigenvalue weighted by Crippen LogP contribution is 2.32. The van der Waals surface area contributed by atoms with Crippen molar-refractivity contribution in [3.05, 3.63) is 29.8 Å². The summed E-state index contributed by atoms with van der Waals surface area (Å²) in [5.74, 6) is 0. The summed E-state index contributed by atoms with van der Waals surface area (Å²) >= 11 is 0. The highest BCUT2D eigenvalue weighted by Gasteiger charge is 2.22. The zero-order chi connectivity index (χ0) is 11.3. The lowest BCUT2D eigenvalue weighted by molar-refractivity contribution is 0.523. The summed E-state index contributed by atoms with van der Waals surface area (Å²) in [4.78, 5) is 27.7. The molecule has 0 heterocycles. The van der Waals surface area contributed by atoms with E-state index in [0.29, 0.717) is 11.3 Å². The van der Waals surface area contributed by atoms with Gasteiger partial charge in [-0.3, -0.25) is 0 Å². The lowest BCUT2D eigenvalue weighted by Gasteiger charge is -2.19. The summed E-state index contributed by atoms with van der Waals surface area (Å²) in [5, 5.41) is 0. The normalized spacial score (nSPS) is 10.0. The number of carbonyl (C=O) groups excluding carboxylic acids is 2. The van der Waals surface area contributed by atoms with Crippen molar-refractivity contribution in [1.29, 1.82) is 0 Å². The molecule has 0 N–H and O–H groups in total. The van der Waals surface area contributed by atoms with Crippen LogP contribution in [0.5, 0.6) is 0 Å². The lowest BCUT2D eigenvalue weighted by atomic mass is 9.93. The summed E-state index contributed by atoms with van der Waals surface area (Å²) in [7, 11) is 0. The van der Waals surface area contributed by atoms with Gasteiger partial charge in [-0.15, -0.1) is 0 Å². The molecule has 0 amide bonds. The molecule has 0 unspecified atom stereocenters. The van der Waals surface area contributed by atoms with Gasteiger partial charge in [-0.2, -0.15) is 9.98 Å². The van der Waals surface area contributed by atoms with Gasteiger partial charge in [0.15, 0.2) is 0 Å². The quantitative estimate of drug-likeness (QED) is 0.557. The molecule has 0 spiro atoms. The summed E-state index contributed by atoms with van der Waals surface area (Å²) in [6, 6.07) is 6.97. The van der Waals surface area contributed by atoms with Gasteiger partial charge in [0.25, 0.3) is 0 Å². The fourth-order valence-electron chi connectivity index (χ4n) is 1.31. The van der Waals surface area contributed by atoms with Crippen LogP contribution in [-0.4, -0.2) is 12.2 Å². The van der Waals surface area contributed by atoms with Crippen molar-refractivity contribution < 1.29 is 9.59 Å². The molecule has 1 aromatic rings. The molecular weight excluding hydrogens is 192 g/mol. The fourth-order valence-corrected chi connectivity index (χ4v) is 1.31. The number of para-hydroxylation sites is 1. The topological polar surface area (TPSA) is 58.9 Å². The second-order valence-electron chi connectivity index (χ2n) is 3.48. The van der Waals surface area contributed by atoms with Gasteiger partial charge < -0.3 is 0 Å². The van der Waals surface area contributed by atoms with Gasteiger partial charge >= 0.3 is 0 Å². The van der Waals surface area contributed by atoms with Gasteiger partial charge in [-0.05, 0) is 19.9 Å². The molecule has 0 aliphatic rings. The van der Waals surface area contributed by atoms with Crippen LogP contribution in [0.4, 0.5) is 5.69 Å². The Bertz CT molecular complexity index is 453. The summed E-state index contributed by atoms with van der Waals surface area (Å²) in [6.07, 6.45) is 2.98. The maximum absolute atomic E-state index is 10.3. The molecule has 0 bridgehead atoms. The van der Waals surface area contributed by atoms with Crippen molar-refractivity contribution in [2.45, 2.75) is 19.4 Å². The Labute approximate surface area is 87.4 Å². The lowest BCUT2D eigenvalue weighted by Crippen LogP contribution is -2.13. The van der Waals surface area contributed by atoms with E-state index >= 15 is 0 Å². The first-order valence-corrected chi connectivity index (χ1v) is 4.38. The molecule has 0 aliphatic heterocycles. The van der Waals surface area contributed by atoms with Crippen LogP contribution in [0.1, 0.15) is 19.4 Å². The Kier molecular flexibility index (Phi) is 3.29. The molecule has 76 valence electrons. The van der Waals surface area contributed by atoms with E-state index in [2.05, 4.69) is 9.98 Å². The summed E-state index contributed by atoms with van der Waals surface area (Å²) in [5.41, 5.74) is 0.423. The molecule has 0 radical (unpaired) electrons. The molecule has 0 aliphatic carbocycles. The van der Waals surface area contributed by atoms with Gasteiger partial charge in [-0.25, -0.2) is 9.59 Å². The zero-order valence-electron chi connectivity index (χ0n) is 8.52. The van der Waals surface area contributed by atoms with Crippen LogP contribution < -0.4 is 0 Å². The maximum atomic E-state index is 10.3. The minimum atomic E-state index is -0.737. The molecule has 1 aromatic carbocycles. The number of nitrogens with zero attached hydrogens (tertiary/aromatic N) is 2. The van der Waals surface area contributed by atoms with Gasteiger partial charge in [0.1, 0.15) is 0 Å². The molecule has 15 heavy (non-hydrogen) atoms. The third-order valence-corrected chi connectivity index (χ3v) is 2.05. The van der Waals surface area contributed by atoms with Crippen molar-refractivity contribution in [2.75, 3.05) is 0 Å². The zero-order valence-corrected chi connectivity index (χ0v) is 8.52. The van der Waals surface area contributed by atoms with Crippen LogP contribution in [0.15, 0.2) is 34.3 Å². The highest BCUT2D eigenvalue weighted by atomic mass is 16.1. The number of rotatable bonds is 3. The van der Waals surface area contributed by atoms with E-state index in [9.17, 15) is 9.59 Å². The van der Waals surface area contributed by atoms with Crippen molar-refractivity contribution in [1.82, 2.24) is 0 Å². The standard InChI is InChI=1S/C11H10N2O2/c1-11(2,13-8-15)9-5-3-4-6-10(9)12-7-14/h3-6H,1-2H3. The third kappa shape index (κ3) is 2.47. The Hall–Kier alpha value is -2.02. The average Bonchev–Trinajstić information content (AvgIpc) is 2.19. The molecule has 4 heteroatoms. The Morgan fingerprint density at radius 1 is 1.13 bits per heavy atom. The molecular formula is C11H10N2O2. The largest absolute Gasteiger partial charge is 0.240 e. The molecule has 0 saturated carbocycles. The second kappa shape index (κ2) is 4.47. The summed E-state index contributed by atoms with van der Waals surface area (Å²) in [6.45, 7) is 3.49. The molecule has 1 rings (SSSR count). The molecule has 0 fully saturated rings. The van der Waals surface area contributed by atoms with Crippen molar-refractivity contribution in [2.24, 2.45) is 9.98 Å². The predicted molar refractivity (Wildman–Crippen MR) is 55.4 cm³/mol. The highest BCUT2D eigenvalue weighted by molar-refractivity contribution is 5.56. The van der Waals surface area contributed by atoms with E-state index < -0.39 is 5.54 Å². The van der Waals surface area contributed by atoms with Crippen molar-refractivity contribution in [3.63, 3.8) is 0 Å². The first-order chi connectivity index (χ1) is 7.11. The second-order valence-corrected chi connectivity index (χ2v) is 3.48. The van der Waals surface area contributed by atoms with Crippen LogP contribution in [0.25, 0.3) is 0 Å². The number of hydrogen-bond donors (Lipinski definition) is 0. The minimum absolute atomic E-state index is 0.469. The molecule has 4 nitrogen and oxygen atoms in total. The number of hydrogen-bond acceptors (Lipinski definition) is 4. The monoisotopic (exact) mass is 202 g/mol. The molecule has 0 saturated heterocycles. The van der Waals surface area contributed by atoms with Gasteiger partial charge in [0.2, 0.25) is 12.2 Å². The van der Waals surface area contributed by atoms with E-state index in [1.807, 2.05) is 0 Å². The Morgan fingerprint density at radius 3 is 2.40 bits per heavy atom. The summed E-state index contributed by atoms with van der Waals surface area (Å²) < 4.78 is 0. The first kappa shape index (κ1) is 11.1. The van der Waals surface area contributed by atoms with E-state index in [0.717, 1.165) is 0 Å². The maximum Gasteiger partial charge on any atom is 0.240 e. The minimum Gasteiger partial charge on any atom is -0.211 e. The SMILES string of the molecule is CC(C)(N=C=O)c1ccccc1N=C=O. The van der Waals surface area contributed by atoms with E-state index in [4.69, 9.17) is 0 Å². The van der Waals surface area contributed by atoms with E-state index in [1.54, 1.807) is 38.1 Å². The number of benzene rings is 1. The number of isocyanates is 2. The molecule has 0 atom stereocenters. The van der Waals surface area contributed by atoms with Crippen LogP contribution in [-0.2, 0) is 15.1 Å². The van der Waals surface area contributed by atoms with Crippen molar-refractivity contribution >= 4 is 17.8 Å². The Morgan fingerprint density at radius 2 is 1.80 bits per heavy atom. The van der Waals surface area contributed by atoms with Crippen LogP contribution in [0.3, 0.4) is 0 Å². The van der Waals surface area contributed by atoms with Crippen molar-refractivity contribution in [3.8, 4) is 0 Å². The predicted octanol–water partition coefficient (Wildman–Crippen LogP) is 2.22. The van der Waals surface area contributed by atoms with Gasteiger partial charge in [0.05, 0.1) is 11.2 Å². The fraction of sp³-hybridized carbons (Fsp3) is 0.273. The van der Waals surface area contributed by atoms with E-state index in [1.165, 1.54) is 12.2 Å². The smallest absolute Gasteiger partial charge is 0.211 e.